The van der Waals surface area contributed by atoms with Crippen molar-refractivity contribution < 1.29 is 9.94 Å². The van der Waals surface area contributed by atoms with E-state index in [0.29, 0.717) is 17.4 Å². The third-order valence-corrected chi connectivity index (χ3v) is 4.43. The number of aromatic hydroxyl groups is 1. The Labute approximate surface area is 119 Å². The first kappa shape index (κ1) is 14.7. The molecular formula is C16H23NO3. The van der Waals surface area contributed by atoms with Crippen LogP contribution in [0, 0.1) is 17.8 Å². The second-order valence-electron chi connectivity index (χ2n) is 5.91. The maximum atomic E-state index is 12.5. The summed E-state index contributed by atoms with van der Waals surface area (Å²) in [6.07, 6.45) is 5.41. The average Bonchev–Trinajstić information content (AvgIpc) is 2.40. The molecule has 0 aromatic carbocycles. The summed E-state index contributed by atoms with van der Waals surface area (Å²) >= 11 is 0. The Balaban J connectivity index is 2.53. The monoisotopic (exact) mass is 277 g/mol. The fraction of sp³-hybridized carbons (Fsp3) is 0.562. The van der Waals surface area contributed by atoms with Crippen molar-refractivity contribution in [2.75, 3.05) is 7.11 Å². The van der Waals surface area contributed by atoms with Crippen molar-refractivity contribution in [3.8, 4) is 5.75 Å². The summed E-state index contributed by atoms with van der Waals surface area (Å²) in [6, 6.07) is 1.52. The van der Waals surface area contributed by atoms with Gasteiger partial charge >= 0.3 is 0 Å². The van der Waals surface area contributed by atoms with Crippen molar-refractivity contribution in [1.29, 1.82) is 0 Å². The molecule has 1 aromatic rings. The van der Waals surface area contributed by atoms with Gasteiger partial charge in [-0.2, -0.15) is 4.73 Å². The van der Waals surface area contributed by atoms with Crippen molar-refractivity contribution in [2.24, 2.45) is 17.8 Å². The molecule has 0 bridgehead atoms. The van der Waals surface area contributed by atoms with Crippen LogP contribution in [0.4, 0.5) is 0 Å². The third-order valence-electron chi connectivity index (χ3n) is 4.43. The Morgan fingerprint density at radius 2 is 2.15 bits per heavy atom. The van der Waals surface area contributed by atoms with Crippen molar-refractivity contribution in [1.82, 2.24) is 4.73 Å². The minimum atomic E-state index is -0.272. The Morgan fingerprint density at radius 3 is 2.75 bits per heavy atom. The van der Waals surface area contributed by atoms with Gasteiger partial charge in [0.2, 0.25) is 0 Å². The fourth-order valence-corrected chi connectivity index (χ4v) is 3.63. The van der Waals surface area contributed by atoms with Gasteiger partial charge in [0, 0.05) is 12.0 Å². The molecule has 1 fully saturated rings. The van der Waals surface area contributed by atoms with Crippen molar-refractivity contribution in [3.05, 3.63) is 40.8 Å². The molecule has 1 aromatic heterocycles. The fourth-order valence-electron chi connectivity index (χ4n) is 3.63. The second kappa shape index (κ2) is 5.73. The summed E-state index contributed by atoms with van der Waals surface area (Å²) in [5.41, 5.74) is 0.185. The van der Waals surface area contributed by atoms with E-state index in [4.69, 9.17) is 4.84 Å². The third kappa shape index (κ3) is 2.47. The zero-order valence-corrected chi connectivity index (χ0v) is 12.4. The van der Waals surface area contributed by atoms with E-state index in [1.54, 1.807) is 0 Å². The van der Waals surface area contributed by atoms with E-state index in [1.165, 1.54) is 24.1 Å². The van der Waals surface area contributed by atoms with Crippen LogP contribution in [0.1, 0.15) is 38.2 Å². The highest BCUT2D eigenvalue weighted by Gasteiger charge is 2.36. The lowest BCUT2D eigenvalue weighted by Gasteiger charge is -2.38. The molecule has 0 radical (unpaired) electrons. The van der Waals surface area contributed by atoms with Gasteiger partial charge in [0.15, 0.2) is 0 Å². The predicted octanol–water partition coefficient (Wildman–Crippen LogP) is 2.56. The zero-order valence-electron chi connectivity index (χ0n) is 12.4. The van der Waals surface area contributed by atoms with Gasteiger partial charge in [0.1, 0.15) is 12.9 Å². The summed E-state index contributed by atoms with van der Waals surface area (Å²) < 4.78 is 1.17. The zero-order chi connectivity index (χ0) is 14.9. The second-order valence-corrected chi connectivity index (χ2v) is 5.91. The molecule has 1 aliphatic rings. The summed E-state index contributed by atoms with van der Waals surface area (Å²) in [6.45, 7) is 8.27. The van der Waals surface area contributed by atoms with Gasteiger partial charge in [-0.3, -0.25) is 4.79 Å². The summed E-state index contributed by atoms with van der Waals surface area (Å²) in [5, 5.41) is 10.2. The molecule has 0 saturated heterocycles. The Kier molecular flexibility index (Phi) is 4.21. The van der Waals surface area contributed by atoms with Crippen molar-refractivity contribution in [3.63, 3.8) is 0 Å². The number of pyridine rings is 1. The molecule has 0 amide bonds. The highest BCUT2D eigenvalue weighted by atomic mass is 16.6. The van der Waals surface area contributed by atoms with Crippen LogP contribution in [0.3, 0.4) is 0 Å². The van der Waals surface area contributed by atoms with E-state index in [9.17, 15) is 9.90 Å². The van der Waals surface area contributed by atoms with Gasteiger partial charge in [-0.1, -0.05) is 19.9 Å². The van der Waals surface area contributed by atoms with Gasteiger partial charge in [-0.05, 0) is 30.6 Å². The lowest BCUT2D eigenvalue weighted by atomic mass is 9.66. The number of allylic oxidation sites excluding steroid dienone is 1. The molecule has 1 N–H and O–H groups in total. The van der Waals surface area contributed by atoms with E-state index in [-0.39, 0.29) is 23.1 Å². The molecule has 4 heteroatoms. The molecule has 1 heterocycles. The Morgan fingerprint density at radius 1 is 1.45 bits per heavy atom. The van der Waals surface area contributed by atoms with E-state index in [0.717, 1.165) is 12.8 Å². The largest absolute Gasteiger partial charge is 0.507 e. The molecule has 0 spiro atoms. The van der Waals surface area contributed by atoms with E-state index < -0.39 is 0 Å². The van der Waals surface area contributed by atoms with Crippen LogP contribution in [0.15, 0.2) is 29.7 Å². The quantitative estimate of drug-likeness (QED) is 0.864. The summed E-state index contributed by atoms with van der Waals surface area (Å²) in [5.74, 6) is 1.20. The molecule has 0 aliphatic heterocycles. The topological polar surface area (TPSA) is 51.5 Å². The van der Waals surface area contributed by atoms with Gasteiger partial charge in [0.25, 0.3) is 5.56 Å². The van der Waals surface area contributed by atoms with Crippen LogP contribution >= 0.6 is 0 Å². The molecule has 110 valence electrons. The molecule has 1 aliphatic carbocycles. The molecule has 1 saturated carbocycles. The first-order chi connectivity index (χ1) is 9.49. The lowest BCUT2D eigenvalue weighted by Crippen LogP contribution is -2.35. The minimum Gasteiger partial charge on any atom is -0.507 e. The molecular weight excluding hydrogens is 254 g/mol. The number of nitrogens with zero attached hydrogens (tertiary/aromatic N) is 1. The van der Waals surface area contributed by atoms with Gasteiger partial charge in [-0.25, -0.2) is 0 Å². The van der Waals surface area contributed by atoms with Gasteiger partial charge < -0.3 is 9.94 Å². The highest BCUT2D eigenvalue weighted by molar-refractivity contribution is 5.34. The van der Waals surface area contributed by atoms with Crippen LogP contribution in [-0.2, 0) is 0 Å². The minimum absolute atomic E-state index is 0.00111. The van der Waals surface area contributed by atoms with Crippen LogP contribution in [0.5, 0.6) is 5.75 Å². The SMILES string of the molecule is C=C[C@@H]1C[C@H](C)C[C@H](C)[C@H]1c1c(O)ccn(OC)c1=O. The van der Waals surface area contributed by atoms with E-state index >= 15 is 0 Å². The number of rotatable bonds is 3. The first-order valence-electron chi connectivity index (χ1n) is 7.11. The normalized spacial score (nSPS) is 29.9. The first-order valence-corrected chi connectivity index (χ1v) is 7.11. The molecule has 20 heavy (non-hydrogen) atoms. The van der Waals surface area contributed by atoms with Crippen LogP contribution in [-0.4, -0.2) is 16.9 Å². The van der Waals surface area contributed by atoms with Crippen molar-refractivity contribution in [2.45, 2.75) is 32.6 Å². The Bertz CT molecular complexity index is 549. The lowest BCUT2D eigenvalue weighted by molar-refractivity contribution is 0.149. The van der Waals surface area contributed by atoms with Crippen LogP contribution in [0.25, 0.3) is 0 Å². The number of aromatic nitrogens is 1. The number of hydrogen-bond acceptors (Lipinski definition) is 3. The van der Waals surface area contributed by atoms with Gasteiger partial charge in [-0.15, -0.1) is 6.58 Å². The van der Waals surface area contributed by atoms with E-state index in [2.05, 4.69) is 20.4 Å². The standard InChI is InChI=1S/C16H23NO3/c1-5-12-9-10(2)8-11(3)14(12)15-13(18)6-7-17(20-4)16(15)19/h5-7,10-12,14,18H,1,8-9H2,2-4H3/t10-,11+,12-,14-/m1/s1. The smallest absolute Gasteiger partial charge is 0.290 e. The molecule has 2 rings (SSSR count). The van der Waals surface area contributed by atoms with E-state index in [1.807, 2.05) is 6.08 Å². The maximum Gasteiger partial charge on any atom is 0.290 e. The number of hydrogen-bond donors (Lipinski definition) is 1. The van der Waals surface area contributed by atoms with Crippen LogP contribution in [0.2, 0.25) is 0 Å². The highest BCUT2D eigenvalue weighted by Crippen LogP contribution is 2.45. The summed E-state index contributed by atoms with van der Waals surface area (Å²) in [7, 11) is 1.44. The molecule has 4 nitrogen and oxygen atoms in total. The predicted molar refractivity (Wildman–Crippen MR) is 78.9 cm³/mol. The Hall–Kier alpha value is -1.71. The summed E-state index contributed by atoms with van der Waals surface area (Å²) in [4.78, 5) is 17.5. The van der Waals surface area contributed by atoms with Crippen molar-refractivity contribution >= 4 is 0 Å². The molecule has 4 atom stereocenters. The average molecular weight is 277 g/mol. The van der Waals surface area contributed by atoms with Crippen LogP contribution < -0.4 is 10.4 Å². The maximum absolute atomic E-state index is 12.5. The van der Waals surface area contributed by atoms with Gasteiger partial charge in [0.05, 0.1) is 11.8 Å². The molecule has 0 unspecified atom stereocenters.